The van der Waals surface area contributed by atoms with Gasteiger partial charge in [-0.15, -0.1) is 0 Å². The number of carbonyl (C=O) groups is 4. The van der Waals surface area contributed by atoms with Crippen LogP contribution in [-0.4, -0.2) is 40.7 Å². The van der Waals surface area contributed by atoms with Crippen molar-refractivity contribution in [2.24, 2.45) is 5.73 Å². The summed E-state index contributed by atoms with van der Waals surface area (Å²) in [6, 6.07) is 11.6. The van der Waals surface area contributed by atoms with E-state index in [4.69, 9.17) is 0 Å². The number of nitrogens with one attached hydrogen (secondary N) is 1. The molecular weight excluding hydrogens is 504 g/mol. The fourth-order valence-electron chi connectivity index (χ4n) is 5.69. The number of anilines is 2. The lowest BCUT2D eigenvalue weighted by Gasteiger charge is -2.38. The molecule has 4 rings (SSSR count). The molecule has 2 fully saturated rings. The van der Waals surface area contributed by atoms with E-state index in [0.29, 0.717) is 12.8 Å². The highest BCUT2D eigenvalue weighted by atomic mass is 16.2. The van der Waals surface area contributed by atoms with Gasteiger partial charge in [-0.1, -0.05) is 71.2 Å². The van der Waals surface area contributed by atoms with E-state index >= 15 is 0 Å². The van der Waals surface area contributed by atoms with Crippen molar-refractivity contribution in [1.82, 2.24) is 4.90 Å². The molecule has 0 unspecified atom stereocenters. The summed E-state index contributed by atoms with van der Waals surface area (Å²) in [5.74, 6) is -0.485. The molecule has 3 N–H and O–H groups in total. The average molecular weight is 549 g/mol. The molecule has 8 nitrogen and oxygen atoms in total. The number of nitrogens with two attached hydrogens (primary N) is 1. The Morgan fingerprint density at radius 1 is 0.925 bits per heavy atom. The van der Waals surface area contributed by atoms with Gasteiger partial charge >= 0.3 is 6.03 Å². The Morgan fingerprint density at radius 3 is 1.98 bits per heavy atom. The zero-order chi connectivity index (χ0) is 29.8. The van der Waals surface area contributed by atoms with Crippen LogP contribution in [0.4, 0.5) is 16.2 Å². The molecular formula is C32H44N4O4. The van der Waals surface area contributed by atoms with Gasteiger partial charge in [0.1, 0.15) is 12.1 Å². The van der Waals surface area contributed by atoms with E-state index in [1.165, 1.54) is 11.8 Å². The summed E-state index contributed by atoms with van der Waals surface area (Å²) in [5.41, 5.74) is 9.40. The molecule has 216 valence electrons. The molecule has 1 aliphatic heterocycles. The van der Waals surface area contributed by atoms with Gasteiger partial charge in [0, 0.05) is 18.3 Å². The molecule has 5 amide bonds. The number of hydrogen-bond acceptors (Lipinski definition) is 4. The number of primary amides is 1. The van der Waals surface area contributed by atoms with Crippen LogP contribution < -0.4 is 16.0 Å². The minimum absolute atomic E-state index is 0.222. The highest BCUT2D eigenvalue weighted by Gasteiger charge is 2.58. The largest absolute Gasteiger partial charge is 0.370 e. The van der Waals surface area contributed by atoms with Crippen LogP contribution in [0.1, 0.15) is 101 Å². The van der Waals surface area contributed by atoms with Gasteiger partial charge in [-0.25, -0.2) is 4.79 Å². The van der Waals surface area contributed by atoms with E-state index in [1.54, 1.807) is 4.90 Å². The van der Waals surface area contributed by atoms with E-state index in [2.05, 4.69) is 38.7 Å². The van der Waals surface area contributed by atoms with Crippen molar-refractivity contribution in [3.63, 3.8) is 0 Å². The molecule has 1 heterocycles. The lowest BCUT2D eigenvalue weighted by atomic mass is 9.80. The van der Waals surface area contributed by atoms with Crippen molar-refractivity contribution in [1.29, 1.82) is 0 Å². The van der Waals surface area contributed by atoms with Gasteiger partial charge in [-0.2, -0.15) is 0 Å². The van der Waals surface area contributed by atoms with Crippen molar-refractivity contribution >= 4 is 35.1 Å². The molecule has 2 aromatic carbocycles. The second-order valence-electron chi connectivity index (χ2n) is 11.6. The Kier molecular flexibility index (Phi) is 9.77. The summed E-state index contributed by atoms with van der Waals surface area (Å²) in [4.78, 5) is 53.0. The second-order valence-corrected chi connectivity index (χ2v) is 11.6. The predicted molar refractivity (Wildman–Crippen MR) is 159 cm³/mol. The molecule has 1 spiro atoms. The van der Waals surface area contributed by atoms with Gasteiger partial charge in [-0.05, 0) is 72.9 Å². The van der Waals surface area contributed by atoms with Crippen LogP contribution in [-0.2, 0) is 14.4 Å². The molecule has 0 aromatic heterocycles. The van der Waals surface area contributed by atoms with Crippen LogP contribution in [0, 0.1) is 13.8 Å². The van der Waals surface area contributed by atoms with E-state index in [-0.39, 0.29) is 36.1 Å². The first kappa shape index (κ1) is 30.9. The first-order valence-electron chi connectivity index (χ1n) is 14.2. The fourth-order valence-corrected chi connectivity index (χ4v) is 5.69. The summed E-state index contributed by atoms with van der Waals surface area (Å²) >= 11 is 0. The van der Waals surface area contributed by atoms with Crippen LogP contribution in [0.3, 0.4) is 0 Å². The number of para-hydroxylation sites is 1. The molecule has 1 saturated carbocycles. The van der Waals surface area contributed by atoms with Crippen molar-refractivity contribution in [3.8, 4) is 0 Å². The fraction of sp³-hybridized carbons (Fsp3) is 0.500. The molecule has 0 bridgehead atoms. The molecule has 40 heavy (non-hydrogen) atoms. The van der Waals surface area contributed by atoms with Crippen LogP contribution >= 0.6 is 0 Å². The topological polar surface area (TPSA) is 113 Å². The summed E-state index contributed by atoms with van der Waals surface area (Å²) in [6.45, 7) is 13.4. The standard InChI is InChI=1S/C30H39N3O3.C2H5NO/c1-19(2)24-11-10-12-25(20(3)4)27(24)31-26(34)18-32-28(35)30(15-8-7-9-16-30)33(29(32)36)23-14-13-21(5)22(6)17-23;1-2(3)4/h10-14,17,19-20H,7-9,15-16,18H2,1-6H3,(H,31,34);1H3,(H2,3,4). The van der Waals surface area contributed by atoms with E-state index in [9.17, 15) is 19.2 Å². The van der Waals surface area contributed by atoms with Gasteiger partial charge in [0.2, 0.25) is 11.8 Å². The van der Waals surface area contributed by atoms with Crippen LogP contribution in [0.15, 0.2) is 36.4 Å². The lowest BCUT2D eigenvalue weighted by Crippen LogP contribution is -2.51. The highest BCUT2D eigenvalue weighted by molar-refractivity contribution is 6.18. The Hall–Kier alpha value is -3.68. The minimum Gasteiger partial charge on any atom is -0.370 e. The maximum absolute atomic E-state index is 13.9. The van der Waals surface area contributed by atoms with Crippen molar-refractivity contribution in [2.75, 3.05) is 16.8 Å². The molecule has 2 aromatic rings. The smallest absolute Gasteiger partial charge is 0.332 e. The van der Waals surface area contributed by atoms with Gasteiger partial charge in [0.15, 0.2) is 0 Å². The summed E-state index contributed by atoms with van der Waals surface area (Å²) in [6.07, 6.45) is 4.07. The maximum atomic E-state index is 13.9. The maximum Gasteiger partial charge on any atom is 0.332 e. The van der Waals surface area contributed by atoms with Crippen LogP contribution in [0.2, 0.25) is 0 Å². The molecule has 1 aliphatic carbocycles. The first-order chi connectivity index (χ1) is 18.8. The third kappa shape index (κ3) is 6.37. The lowest BCUT2D eigenvalue weighted by molar-refractivity contribution is -0.134. The number of rotatable bonds is 6. The van der Waals surface area contributed by atoms with Crippen molar-refractivity contribution in [3.05, 3.63) is 58.7 Å². The number of hydrogen-bond donors (Lipinski definition) is 2. The van der Waals surface area contributed by atoms with Gasteiger partial charge in [0.05, 0.1) is 0 Å². The van der Waals surface area contributed by atoms with E-state index < -0.39 is 11.6 Å². The Morgan fingerprint density at radius 2 is 1.48 bits per heavy atom. The Balaban J connectivity index is 0.00000103. The summed E-state index contributed by atoms with van der Waals surface area (Å²) < 4.78 is 0. The number of imide groups is 1. The Bertz CT molecular complexity index is 1250. The van der Waals surface area contributed by atoms with Gasteiger partial charge in [0.25, 0.3) is 5.91 Å². The van der Waals surface area contributed by atoms with E-state index in [0.717, 1.165) is 52.9 Å². The SMILES string of the molecule is CC(N)=O.Cc1ccc(N2C(=O)N(CC(=O)Nc3c(C(C)C)cccc3C(C)C)C(=O)C23CCCCC3)cc1C. The number of nitrogens with zero attached hydrogens (tertiary/aromatic N) is 2. The third-order valence-corrected chi connectivity index (χ3v) is 7.86. The average Bonchev–Trinajstić information content (AvgIpc) is 3.06. The van der Waals surface area contributed by atoms with E-state index in [1.807, 2.05) is 50.2 Å². The molecule has 0 radical (unpaired) electrons. The molecule has 0 atom stereocenters. The second kappa shape index (κ2) is 12.7. The molecule has 8 heteroatoms. The number of carbonyl (C=O) groups excluding carboxylic acids is 4. The van der Waals surface area contributed by atoms with Gasteiger partial charge in [-0.3, -0.25) is 24.2 Å². The number of urea groups is 1. The quantitative estimate of drug-likeness (QED) is 0.421. The number of amides is 5. The van der Waals surface area contributed by atoms with Crippen LogP contribution in [0.5, 0.6) is 0 Å². The number of aryl methyl sites for hydroxylation is 2. The summed E-state index contributed by atoms with van der Waals surface area (Å²) in [5, 5.41) is 3.07. The third-order valence-electron chi connectivity index (χ3n) is 7.86. The minimum atomic E-state index is -0.907. The number of benzene rings is 2. The predicted octanol–water partition coefficient (Wildman–Crippen LogP) is 6.15. The first-order valence-corrected chi connectivity index (χ1v) is 14.2. The monoisotopic (exact) mass is 548 g/mol. The normalized spacial score (nSPS) is 16.4. The summed E-state index contributed by atoms with van der Waals surface area (Å²) in [7, 11) is 0. The van der Waals surface area contributed by atoms with Crippen molar-refractivity contribution in [2.45, 2.75) is 97.9 Å². The Labute approximate surface area is 238 Å². The van der Waals surface area contributed by atoms with Crippen LogP contribution in [0.25, 0.3) is 0 Å². The highest BCUT2D eigenvalue weighted by Crippen LogP contribution is 2.43. The zero-order valence-electron chi connectivity index (χ0n) is 25.0. The van der Waals surface area contributed by atoms with Crippen molar-refractivity contribution < 1.29 is 19.2 Å². The molecule has 2 aliphatic rings. The molecule has 1 saturated heterocycles. The zero-order valence-corrected chi connectivity index (χ0v) is 25.0. The van der Waals surface area contributed by atoms with Gasteiger partial charge < -0.3 is 11.1 Å².